The standard InChI is InChI=1S/C17H23N7O/c1-4-17(12-18-3)7-9-24(15(17)25)14-6-8-19-16(22-14)21-13-10-20-23(5-2)11-13/h6,8,10-11H,3-5,7,9,12H2,1-2H3,(H,19,21,22)/t17-/m1/s1. The number of amides is 1. The van der Waals surface area contributed by atoms with Crippen molar-refractivity contribution < 1.29 is 4.79 Å². The van der Waals surface area contributed by atoms with Crippen molar-refractivity contribution in [3.8, 4) is 0 Å². The van der Waals surface area contributed by atoms with Crippen LogP contribution in [0.3, 0.4) is 0 Å². The molecule has 0 aromatic carbocycles. The second-order valence-electron chi connectivity index (χ2n) is 6.17. The minimum atomic E-state index is -0.456. The minimum Gasteiger partial charge on any atom is -0.321 e. The molecule has 3 rings (SSSR count). The Morgan fingerprint density at radius 1 is 1.44 bits per heavy atom. The van der Waals surface area contributed by atoms with E-state index < -0.39 is 5.41 Å². The largest absolute Gasteiger partial charge is 0.321 e. The lowest BCUT2D eigenvalue weighted by Crippen LogP contribution is -2.36. The van der Waals surface area contributed by atoms with E-state index >= 15 is 0 Å². The molecule has 0 radical (unpaired) electrons. The van der Waals surface area contributed by atoms with Crippen LogP contribution in [0.15, 0.2) is 29.6 Å². The maximum atomic E-state index is 12.9. The van der Waals surface area contributed by atoms with Crippen LogP contribution in [0.25, 0.3) is 0 Å². The van der Waals surface area contributed by atoms with Crippen molar-refractivity contribution in [2.45, 2.75) is 33.2 Å². The maximum absolute atomic E-state index is 12.9. The molecular weight excluding hydrogens is 318 g/mol. The van der Waals surface area contributed by atoms with E-state index in [1.54, 1.807) is 23.4 Å². The predicted octanol–water partition coefficient (Wildman–Crippen LogP) is 2.27. The molecule has 3 heterocycles. The van der Waals surface area contributed by atoms with Gasteiger partial charge in [0, 0.05) is 25.5 Å². The lowest BCUT2D eigenvalue weighted by atomic mass is 9.83. The predicted molar refractivity (Wildman–Crippen MR) is 97.3 cm³/mol. The van der Waals surface area contributed by atoms with Gasteiger partial charge in [-0.2, -0.15) is 10.1 Å². The number of rotatable bonds is 7. The summed E-state index contributed by atoms with van der Waals surface area (Å²) in [5.74, 6) is 1.10. The van der Waals surface area contributed by atoms with Gasteiger partial charge in [0.1, 0.15) is 5.82 Å². The summed E-state index contributed by atoms with van der Waals surface area (Å²) in [7, 11) is 0. The minimum absolute atomic E-state index is 0.0610. The molecule has 1 fully saturated rings. The Bertz CT molecular complexity index is 772. The van der Waals surface area contributed by atoms with Gasteiger partial charge in [-0.05, 0) is 32.5 Å². The van der Waals surface area contributed by atoms with E-state index in [1.165, 1.54) is 0 Å². The third kappa shape index (κ3) is 3.24. The number of aliphatic imine (C=N–C) groups is 1. The van der Waals surface area contributed by atoms with E-state index in [9.17, 15) is 4.79 Å². The zero-order valence-corrected chi connectivity index (χ0v) is 14.6. The Balaban J connectivity index is 1.79. The van der Waals surface area contributed by atoms with Gasteiger partial charge in [-0.3, -0.25) is 19.4 Å². The van der Waals surface area contributed by atoms with Crippen molar-refractivity contribution in [3.05, 3.63) is 24.7 Å². The molecule has 1 atom stereocenters. The van der Waals surface area contributed by atoms with Gasteiger partial charge < -0.3 is 5.32 Å². The number of nitrogens with zero attached hydrogens (tertiary/aromatic N) is 6. The highest BCUT2D eigenvalue weighted by Crippen LogP contribution is 2.37. The van der Waals surface area contributed by atoms with Crippen LogP contribution < -0.4 is 10.2 Å². The first-order valence-corrected chi connectivity index (χ1v) is 8.49. The van der Waals surface area contributed by atoms with Gasteiger partial charge in [0.2, 0.25) is 11.9 Å². The number of carbonyl (C=O) groups is 1. The van der Waals surface area contributed by atoms with Gasteiger partial charge in [0.25, 0.3) is 0 Å². The van der Waals surface area contributed by atoms with Gasteiger partial charge in [-0.1, -0.05) is 6.92 Å². The average molecular weight is 341 g/mol. The Hall–Kier alpha value is -2.77. The number of hydrogen-bond acceptors (Lipinski definition) is 6. The van der Waals surface area contributed by atoms with Crippen LogP contribution in [0.1, 0.15) is 26.7 Å². The molecule has 1 aliphatic rings. The Kier molecular flexibility index (Phi) is 4.78. The summed E-state index contributed by atoms with van der Waals surface area (Å²) in [4.78, 5) is 27.3. The molecule has 2 aromatic rings. The lowest BCUT2D eigenvalue weighted by Gasteiger charge is -2.24. The van der Waals surface area contributed by atoms with Gasteiger partial charge >= 0.3 is 0 Å². The van der Waals surface area contributed by atoms with Crippen molar-refractivity contribution in [1.29, 1.82) is 0 Å². The van der Waals surface area contributed by atoms with Gasteiger partial charge in [-0.15, -0.1) is 0 Å². The van der Waals surface area contributed by atoms with Crippen molar-refractivity contribution in [2.75, 3.05) is 23.3 Å². The fourth-order valence-electron chi connectivity index (χ4n) is 3.13. The van der Waals surface area contributed by atoms with Crippen LogP contribution in [0.2, 0.25) is 0 Å². The highest BCUT2D eigenvalue weighted by molar-refractivity contribution is 5.99. The number of carbonyl (C=O) groups excluding carboxylic acids is 1. The summed E-state index contributed by atoms with van der Waals surface area (Å²) < 4.78 is 1.81. The van der Waals surface area contributed by atoms with E-state index in [1.807, 2.05) is 24.7 Å². The number of nitrogens with one attached hydrogen (secondary N) is 1. The van der Waals surface area contributed by atoms with Crippen LogP contribution in [-0.2, 0) is 11.3 Å². The first-order chi connectivity index (χ1) is 12.1. The lowest BCUT2D eigenvalue weighted by molar-refractivity contribution is -0.125. The van der Waals surface area contributed by atoms with Crippen LogP contribution in [0.5, 0.6) is 0 Å². The fraction of sp³-hybridized carbons (Fsp3) is 0.471. The second-order valence-corrected chi connectivity index (χ2v) is 6.17. The molecule has 132 valence electrons. The number of aryl methyl sites for hydroxylation is 1. The Morgan fingerprint density at radius 2 is 2.28 bits per heavy atom. The highest BCUT2D eigenvalue weighted by Gasteiger charge is 2.45. The summed E-state index contributed by atoms with van der Waals surface area (Å²) in [5.41, 5.74) is 0.355. The summed E-state index contributed by atoms with van der Waals surface area (Å²) in [6.45, 7) is 9.47. The number of hydrogen-bond donors (Lipinski definition) is 1. The van der Waals surface area contributed by atoms with E-state index in [0.29, 0.717) is 24.9 Å². The first-order valence-electron chi connectivity index (χ1n) is 8.49. The molecule has 0 spiro atoms. The van der Waals surface area contributed by atoms with Crippen LogP contribution in [-0.4, -0.2) is 45.5 Å². The van der Waals surface area contributed by atoms with Gasteiger partial charge in [-0.25, -0.2) is 4.98 Å². The molecule has 0 saturated carbocycles. The molecule has 8 nitrogen and oxygen atoms in total. The maximum Gasteiger partial charge on any atom is 0.236 e. The molecule has 2 aromatic heterocycles. The van der Waals surface area contributed by atoms with Crippen molar-refractivity contribution in [3.63, 3.8) is 0 Å². The second kappa shape index (κ2) is 7.00. The van der Waals surface area contributed by atoms with Crippen molar-refractivity contribution in [1.82, 2.24) is 19.7 Å². The fourth-order valence-corrected chi connectivity index (χ4v) is 3.13. The summed E-state index contributed by atoms with van der Waals surface area (Å²) >= 11 is 0. The molecule has 0 bridgehead atoms. The van der Waals surface area contributed by atoms with E-state index in [0.717, 1.165) is 25.1 Å². The number of aromatic nitrogens is 4. The van der Waals surface area contributed by atoms with Crippen LogP contribution in [0.4, 0.5) is 17.5 Å². The average Bonchev–Trinajstić information content (AvgIpc) is 3.21. The Morgan fingerprint density at radius 3 is 2.96 bits per heavy atom. The van der Waals surface area contributed by atoms with E-state index in [2.05, 4.69) is 32.1 Å². The highest BCUT2D eigenvalue weighted by atomic mass is 16.2. The molecule has 1 saturated heterocycles. The van der Waals surface area contributed by atoms with Gasteiger partial charge in [0.05, 0.1) is 23.8 Å². The molecule has 8 heteroatoms. The molecule has 1 N–H and O–H groups in total. The van der Waals surface area contributed by atoms with Crippen LogP contribution >= 0.6 is 0 Å². The summed E-state index contributed by atoms with van der Waals surface area (Å²) in [5, 5.41) is 7.34. The summed E-state index contributed by atoms with van der Waals surface area (Å²) in [6, 6.07) is 1.76. The van der Waals surface area contributed by atoms with Crippen molar-refractivity contribution in [2.24, 2.45) is 10.4 Å². The number of anilines is 3. The zero-order chi connectivity index (χ0) is 17.9. The summed E-state index contributed by atoms with van der Waals surface area (Å²) in [6.07, 6.45) is 6.76. The topological polar surface area (TPSA) is 88.3 Å². The quantitative estimate of drug-likeness (QED) is 0.781. The normalized spacial score (nSPS) is 20.1. The van der Waals surface area contributed by atoms with E-state index in [4.69, 9.17) is 0 Å². The molecular formula is C17H23N7O. The third-order valence-electron chi connectivity index (χ3n) is 4.73. The molecule has 1 aliphatic heterocycles. The zero-order valence-electron chi connectivity index (χ0n) is 14.6. The molecule has 25 heavy (non-hydrogen) atoms. The smallest absolute Gasteiger partial charge is 0.236 e. The molecule has 1 amide bonds. The van der Waals surface area contributed by atoms with E-state index in [-0.39, 0.29) is 5.91 Å². The SMILES string of the molecule is C=NC[C@@]1(CC)CCN(c2ccnc(Nc3cnn(CC)c3)n2)C1=O. The van der Waals surface area contributed by atoms with Crippen molar-refractivity contribution >= 4 is 30.1 Å². The monoisotopic (exact) mass is 341 g/mol. The van der Waals surface area contributed by atoms with Gasteiger partial charge in [0.15, 0.2) is 0 Å². The molecule has 0 aliphatic carbocycles. The molecule has 0 unspecified atom stereocenters. The van der Waals surface area contributed by atoms with Crippen LogP contribution in [0, 0.1) is 5.41 Å². The first kappa shape index (κ1) is 17.1. The Labute approximate surface area is 147 Å². The third-order valence-corrected chi connectivity index (χ3v) is 4.73.